The molecule has 1 N–H and O–H groups in total. The molecule has 2 aromatic heterocycles. The summed E-state index contributed by atoms with van der Waals surface area (Å²) in [6.45, 7) is 5.11. The zero-order chi connectivity index (χ0) is 15.6. The molecule has 114 valence electrons. The van der Waals surface area contributed by atoms with Crippen molar-refractivity contribution in [1.82, 2.24) is 15.3 Å². The highest BCUT2D eigenvalue weighted by molar-refractivity contribution is 9.10. The summed E-state index contributed by atoms with van der Waals surface area (Å²) < 4.78 is 6.77. The van der Waals surface area contributed by atoms with Gasteiger partial charge < -0.3 is 9.73 Å². The van der Waals surface area contributed by atoms with E-state index in [2.05, 4.69) is 45.1 Å². The van der Waals surface area contributed by atoms with Crippen molar-refractivity contribution in [2.75, 3.05) is 6.54 Å². The van der Waals surface area contributed by atoms with Crippen LogP contribution in [0.2, 0.25) is 0 Å². The highest BCUT2D eigenvalue weighted by atomic mass is 79.9. The Morgan fingerprint density at radius 1 is 1.18 bits per heavy atom. The molecule has 22 heavy (non-hydrogen) atoms. The lowest BCUT2D eigenvalue weighted by atomic mass is 9.95. The Balaban J connectivity index is 1.64. The van der Waals surface area contributed by atoms with Gasteiger partial charge in [-0.2, -0.15) is 0 Å². The van der Waals surface area contributed by atoms with E-state index < -0.39 is 0 Å². The van der Waals surface area contributed by atoms with Gasteiger partial charge in [-0.25, -0.2) is 4.98 Å². The van der Waals surface area contributed by atoms with Crippen molar-refractivity contribution in [3.63, 3.8) is 0 Å². The number of rotatable bonds is 5. The lowest BCUT2D eigenvalue weighted by Gasteiger charge is -2.26. The second kappa shape index (κ2) is 6.18. The van der Waals surface area contributed by atoms with Gasteiger partial charge in [0.15, 0.2) is 11.5 Å². The first-order valence-electron chi connectivity index (χ1n) is 7.25. The highest BCUT2D eigenvalue weighted by Crippen LogP contribution is 2.21. The van der Waals surface area contributed by atoms with E-state index in [4.69, 9.17) is 4.42 Å². The summed E-state index contributed by atoms with van der Waals surface area (Å²) in [5.74, 6) is 0.756. The van der Waals surface area contributed by atoms with Crippen molar-refractivity contribution in [1.29, 1.82) is 0 Å². The van der Waals surface area contributed by atoms with Gasteiger partial charge in [0.2, 0.25) is 0 Å². The van der Waals surface area contributed by atoms with E-state index in [9.17, 15) is 0 Å². The quantitative estimate of drug-likeness (QED) is 0.746. The fourth-order valence-electron chi connectivity index (χ4n) is 2.41. The topological polar surface area (TPSA) is 51.0 Å². The molecular weight excluding hydrogens is 342 g/mol. The number of aromatic nitrogens is 2. The van der Waals surface area contributed by atoms with E-state index in [0.717, 1.165) is 34.4 Å². The number of benzene rings is 1. The molecule has 4 nitrogen and oxygen atoms in total. The van der Waals surface area contributed by atoms with E-state index in [0.29, 0.717) is 0 Å². The van der Waals surface area contributed by atoms with Gasteiger partial charge in [0, 0.05) is 35.4 Å². The lowest BCUT2D eigenvalue weighted by Crippen LogP contribution is -2.37. The maximum Gasteiger partial charge on any atom is 0.196 e. The fraction of sp³-hybridized carbons (Fsp3) is 0.294. The molecule has 3 aromatic rings. The molecule has 3 rings (SSSR count). The van der Waals surface area contributed by atoms with Crippen LogP contribution in [-0.4, -0.2) is 16.5 Å². The number of hydrogen-bond donors (Lipinski definition) is 1. The van der Waals surface area contributed by atoms with E-state index in [1.54, 1.807) is 0 Å². The van der Waals surface area contributed by atoms with Gasteiger partial charge in [-0.1, -0.05) is 15.9 Å². The zero-order valence-corrected chi connectivity index (χ0v) is 14.2. The van der Waals surface area contributed by atoms with E-state index in [-0.39, 0.29) is 5.54 Å². The molecule has 0 unspecified atom stereocenters. The monoisotopic (exact) mass is 359 g/mol. The van der Waals surface area contributed by atoms with Gasteiger partial charge in [0.1, 0.15) is 5.52 Å². The van der Waals surface area contributed by atoms with Gasteiger partial charge in [-0.3, -0.25) is 4.98 Å². The Kier molecular flexibility index (Phi) is 4.27. The third-order valence-corrected chi connectivity index (χ3v) is 4.19. The summed E-state index contributed by atoms with van der Waals surface area (Å²) in [4.78, 5) is 8.58. The molecule has 0 fully saturated rings. The predicted octanol–water partition coefficient (Wildman–Crippen LogP) is 4.05. The molecule has 0 spiro atoms. The molecule has 0 aliphatic heterocycles. The summed E-state index contributed by atoms with van der Waals surface area (Å²) >= 11 is 3.45. The summed E-state index contributed by atoms with van der Waals surface area (Å²) in [6.07, 6.45) is 4.38. The van der Waals surface area contributed by atoms with Crippen molar-refractivity contribution in [2.24, 2.45) is 0 Å². The third kappa shape index (κ3) is 3.36. The molecule has 0 aliphatic rings. The number of fused-ring (bicyclic) bond motifs is 1. The lowest BCUT2D eigenvalue weighted by molar-refractivity contribution is 0.394. The molecule has 1 aromatic carbocycles. The van der Waals surface area contributed by atoms with Crippen LogP contribution in [0.3, 0.4) is 0 Å². The smallest absolute Gasteiger partial charge is 0.196 e. The van der Waals surface area contributed by atoms with Crippen LogP contribution >= 0.6 is 15.9 Å². The van der Waals surface area contributed by atoms with Crippen LogP contribution in [0.25, 0.3) is 11.1 Å². The zero-order valence-electron chi connectivity index (χ0n) is 12.6. The maximum atomic E-state index is 5.76. The van der Waals surface area contributed by atoms with E-state index in [1.165, 1.54) is 5.56 Å². The minimum atomic E-state index is -0.113. The van der Waals surface area contributed by atoms with Gasteiger partial charge >= 0.3 is 0 Å². The minimum absolute atomic E-state index is 0.113. The molecule has 0 saturated carbocycles. The number of hydrogen-bond acceptors (Lipinski definition) is 4. The van der Waals surface area contributed by atoms with Gasteiger partial charge in [-0.15, -0.1) is 0 Å². The standard InChI is InChI=1S/C17H18BrN3O/c1-17(2,12-5-8-19-9-6-12)20-10-7-16-21-14-11-13(18)3-4-15(14)22-16/h3-6,8-9,11,20H,7,10H2,1-2H3. The molecular formula is C17H18BrN3O. The number of nitrogens with zero attached hydrogens (tertiary/aromatic N) is 2. The van der Waals surface area contributed by atoms with Crippen molar-refractivity contribution < 1.29 is 4.42 Å². The molecule has 0 aliphatic carbocycles. The van der Waals surface area contributed by atoms with Gasteiger partial charge in [0.05, 0.1) is 0 Å². The number of halogens is 1. The second-order valence-corrected chi connectivity index (χ2v) is 6.67. The van der Waals surface area contributed by atoms with Crippen LogP contribution in [-0.2, 0) is 12.0 Å². The highest BCUT2D eigenvalue weighted by Gasteiger charge is 2.19. The summed E-state index contributed by atoms with van der Waals surface area (Å²) in [6, 6.07) is 9.93. The predicted molar refractivity (Wildman–Crippen MR) is 90.7 cm³/mol. The Labute approximate surface area is 138 Å². The van der Waals surface area contributed by atoms with Crippen molar-refractivity contribution in [3.05, 3.63) is 58.7 Å². The van der Waals surface area contributed by atoms with Crippen molar-refractivity contribution >= 4 is 27.0 Å². The van der Waals surface area contributed by atoms with Gasteiger partial charge in [0.25, 0.3) is 0 Å². The first-order valence-corrected chi connectivity index (χ1v) is 8.04. The molecule has 2 heterocycles. The molecule has 0 radical (unpaired) electrons. The summed E-state index contributed by atoms with van der Waals surface area (Å²) in [5, 5.41) is 3.54. The summed E-state index contributed by atoms with van der Waals surface area (Å²) in [7, 11) is 0. The SMILES string of the molecule is CC(C)(NCCc1nc2cc(Br)ccc2o1)c1ccncc1. The van der Waals surface area contributed by atoms with Crippen LogP contribution in [0.4, 0.5) is 0 Å². The molecule has 0 saturated heterocycles. The second-order valence-electron chi connectivity index (χ2n) is 5.76. The fourth-order valence-corrected chi connectivity index (χ4v) is 2.76. The number of pyridine rings is 1. The van der Waals surface area contributed by atoms with Crippen LogP contribution in [0, 0.1) is 0 Å². The average Bonchev–Trinajstić information content (AvgIpc) is 2.89. The largest absolute Gasteiger partial charge is 0.441 e. The third-order valence-electron chi connectivity index (χ3n) is 3.70. The van der Waals surface area contributed by atoms with Crippen LogP contribution in [0.5, 0.6) is 0 Å². The van der Waals surface area contributed by atoms with Crippen LogP contribution < -0.4 is 5.32 Å². The molecule has 0 bridgehead atoms. The van der Waals surface area contributed by atoms with Crippen molar-refractivity contribution in [3.8, 4) is 0 Å². The van der Waals surface area contributed by atoms with E-state index >= 15 is 0 Å². The summed E-state index contributed by atoms with van der Waals surface area (Å²) in [5.41, 5.74) is 2.81. The molecule has 5 heteroatoms. The Morgan fingerprint density at radius 2 is 1.95 bits per heavy atom. The first-order chi connectivity index (χ1) is 10.5. The average molecular weight is 360 g/mol. The number of oxazole rings is 1. The Bertz CT molecular complexity index is 768. The molecule has 0 atom stereocenters. The minimum Gasteiger partial charge on any atom is -0.441 e. The van der Waals surface area contributed by atoms with Gasteiger partial charge in [-0.05, 0) is 49.7 Å². The number of nitrogens with one attached hydrogen (secondary N) is 1. The Morgan fingerprint density at radius 3 is 2.73 bits per heavy atom. The maximum absolute atomic E-state index is 5.76. The van der Waals surface area contributed by atoms with Crippen LogP contribution in [0.1, 0.15) is 25.3 Å². The Hall–Kier alpha value is -1.72. The molecule has 0 amide bonds. The van der Waals surface area contributed by atoms with E-state index in [1.807, 2.05) is 42.7 Å². The van der Waals surface area contributed by atoms with Crippen molar-refractivity contribution in [2.45, 2.75) is 25.8 Å². The van der Waals surface area contributed by atoms with Crippen LogP contribution in [0.15, 0.2) is 51.6 Å². The first kappa shape index (κ1) is 15.2. The normalized spacial score (nSPS) is 12.0.